The van der Waals surface area contributed by atoms with Crippen LogP contribution in [0.4, 0.5) is 0 Å². The summed E-state index contributed by atoms with van der Waals surface area (Å²) in [4.78, 5) is 14.1. The molecular formula is C11H19NO2. The Morgan fingerprint density at radius 2 is 2.43 bits per heavy atom. The van der Waals surface area contributed by atoms with Crippen LogP contribution >= 0.6 is 0 Å². The molecule has 0 aromatic carbocycles. The van der Waals surface area contributed by atoms with E-state index in [1.54, 1.807) is 0 Å². The molecule has 2 saturated heterocycles. The zero-order valence-corrected chi connectivity index (χ0v) is 9.08. The van der Waals surface area contributed by atoms with Crippen LogP contribution in [0.2, 0.25) is 0 Å². The Morgan fingerprint density at radius 1 is 1.64 bits per heavy atom. The Bertz CT molecular complexity index is 237. The number of nitrogens with zero attached hydrogens (tertiary/aromatic N) is 1. The van der Waals surface area contributed by atoms with Crippen LogP contribution in [0.5, 0.6) is 0 Å². The highest BCUT2D eigenvalue weighted by molar-refractivity contribution is 5.82. The number of carbonyl (C=O) groups is 1. The van der Waals surface area contributed by atoms with Gasteiger partial charge in [0, 0.05) is 6.04 Å². The fourth-order valence-electron chi connectivity index (χ4n) is 3.12. The molecule has 0 spiro atoms. The van der Waals surface area contributed by atoms with Crippen molar-refractivity contribution in [1.82, 2.24) is 4.90 Å². The number of fused-ring (bicyclic) bond motifs is 2. The summed E-state index contributed by atoms with van der Waals surface area (Å²) in [6.07, 6.45) is 5.59. The van der Waals surface area contributed by atoms with Gasteiger partial charge >= 0.3 is 5.97 Å². The van der Waals surface area contributed by atoms with Gasteiger partial charge in [-0.05, 0) is 38.6 Å². The Morgan fingerprint density at radius 3 is 3.00 bits per heavy atom. The first-order chi connectivity index (χ1) is 6.74. The minimum Gasteiger partial charge on any atom is -0.468 e. The number of esters is 1. The molecule has 3 aliphatic rings. The van der Waals surface area contributed by atoms with Crippen LogP contribution in [0.3, 0.4) is 0 Å². The van der Waals surface area contributed by atoms with Crippen molar-refractivity contribution in [3.63, 3.8) is 0 Å². The average Bonchev–Trinajstić information content (AvgIpc) is 2.25. The molecule has 2 unspecified atom stereocenters. The van der Waals surface area contributed by atoms with Crippen molar-refractivity contribution in [2.24, 2.45) is 0 Å². The van der Waals surface area contributed by atoms with Gasteiger partial charge in [-0.25, -0.2) is 0 Å². The first-order valence-corrected chi connectivity index (χ1v) is 5.60. The van der Waals surface area contributed by atoms with Crippen LogP contribution in [-0.2, 0) is 9.53 Å². The summed E-state index contributed by atoms with van der Waals surface area (Å²) < 4.78 is 4.93. The molecule has 0 amide bonds. The second-order valence-corrected chi connectivity index (χ2v) is 4.47. The highest BCUT2D eigenvalue weighted by atomic mass is 16.5. The fourth-order valence-corrected chi connectivity index (χ4v) is 3.12. The number of carbonyl (C=O) groups excluding carboxylic acids is 1. The summed E-state index contributed by atoms with van der Waals surface area (Å²) in [7, 11) is 1.50. The summed E-state index contributed by atoms with van der Waals surface area (Å²) in [5.41, 5.74) is -0.228. The lowest BCUT2D eigenvalue weighted by atomic mass is 9.68. The molecule has 3 nitrogen and oxygen atoms in total. The summed E-state index contributed by atoms with van der Waals surface area (Å²) >= 11 is 0. The van der Waals surface area contributed by atoms with Crippen LogP contribution in [0.15, 0.2) is 0 Å². The second kappa shape index (κ2) is 3.54. The Labute approximate surface area is 85.4 Å². The number of ether oxygens (including phenoxy) is 1. The van der Waals surface area contributed by atoms with Gasteiger partial charge in [0.15, 0.2) is 0 Å². The van der Waals surface area contributed by atoms with Gasteiger partial charge in [0.25, 0.3) is 0 Å². The SMILES string of the molecule is CCCN1C2CCCC1(C(=O)OC)C2. The molecule has 1 saturated carbocycles. The number of hydrogen-bond acceptors (Lipinski definition) is 3. The van der Waals surface area contributed by atoms with E-state index in [4.69, 9.17) is 4.74 Å². The van der Waals surface area contributed by atoms with Crippen LogP contribution in [0, 0.1) is 0 Å². The van der Waals surface area contributed by atoms with Gasteiger partial charge < -0.3 is 4.74 Å². The lowest BCUT2D eigenvalue weighted by Crippen LogP contribution is -2.72. The van der Waals surface area contributed by atoms with Crippen LogP contribution in [0.25, 0.3) is 0 Å². The van der Waals surface area contributed by atoms with Gasteiger partial charge in [0.1, 0.15) is 5.54 Å². The zero-order valence-electron chi connectivity index (χ0n) is 9.08. The van der Waals surface area contributed by atoms with Crippen LogP contribution in [0.1, 0.15) is 39.0 Å². The third-order valence-corrected chi connectivity index (χ3v) is 3.72. The van der Waals surface area contributed by atoms with E-state index in [0.29, 0.717) is 6.04 Å². The highest BCUT2D eigenvalue weighted by Crippen LogP contribution is 2.47. The maximum absolute atomic E-state index is 11.7. The molecule has 1 aliphatic carbocycles. The zero-order chi connectivity index (χ0) is 10.2. The van der Waals surface area contributed by atoms with Crippen molar-refractivity contribution in [2.75, 3.05) is 13.7 Å². The van der Waals surface area contributed by atoms with Gasteiger partial charge in [-0.3, -0.25) is 9.69 Å². The van der Waals surface area contributed by atoms with E-state index < -0.39 is 0 Å². The molecule has 2 atom stereocenters. The molecule has 3 fully saturated rings. The molecule has 80 valence electrons. The van der Waals surface area contributed by atoms with E-state index >= 15 is 0 Å². The first kappa shape index (κ1) is 9.97. The summed E-state index contributed by atoms with van der Waals surface area (Å²) in [5, 5.41) is 0. The van der Waals surface area contributed by atoms with E-state index in [2.05, 4.69) is 11.8 Å². The van der Waals surface area contributed by atoms with Crippen LogP contribution < -0.4 is 0 Å². The predicted octanol–water partition coefficient (Wildman–Crippen LogP) is 1.57. The number of hydrogen-bond donors (Lipinski definition) is 0. The Kier molecular flexibility index (Phi) is 2.52. The molecule has 0 N–H and O–H groups in total. The maximum atomic E-state index is 11.7. The summed E-state index contributed by atoms with van der Waals surface area (Å²) in [5.74, 6) is -0.0121. The van der Waals surface area contributed by atoms with E-state index in [-0.39, 0.29) is 11.5 Å². The number of methoxy groups -OCH3 is 1. The van der Waals surface area contributed by atoms with Gasteiger partial charge in [-0.2, -0.15) is 0 Å². The maximum Gasteiger partial charge on any atom is 0.326 e. The average molecular weight is 197 g/mol. The molecule has 2 heterocycles. The molecular weight excluding hydrogens is 178 g/mol. The molecule has 3 heteroatoms. The van der Waals surface area contributed by atoms with Crippen molar-refractivity contribution in [1.29, 1.82) is 0 Å². The predicted molar refractivity (Wildman–Crippen MR) is 54.0 cm³/mol. The van der Waals surface area contributed by atoms with Crippen molar-refractivity contribution in [3.05, 3.63) is 0 Å². The number of rotatable bonds is 3. The lowest BCUT2D eigenvalue weighted by Gasteiger charge is -2.60. The third-order valence-electron chi connectivity index (χ3n) is 3.72. The lowest BCUT2D eigenvalue weighted by molar-refractivity contribution is -0.182. The van der Waals surface area contributed by atoms with Crippen LogP contribution in [-0.4, -0.2) is 36.1 Å². The second-order valence-electron chi connectivity index (χ2n) is 4.47. The topological polar surface area (TPSA) is 29.5 Å². The Hall–Kier alpha value is -0.570. The molecule has 0 radical (unpaired) electrons. The number of piperidine rings is 1. The minimum atomic E-state index is -0.228. The monoisotopic (exact) mass is 197 g/mol. The van der Waals surface area contributed by atoms with Gasteiger partial charge in [0.2, 0.25) is 0 Å². The van der Waals surface area contributed by atoms with E-state index in [0.717, 1.165) is 25.8 Å². The Balaban J connectivity index is 2.12. The molecule has 14 heavy (non-hydrogen) atoms. The van der Waals surface area contributed by atoms with E-state index in [9.17, 15) is 4.79 Å². The first-order valence-electron chi connectivity index (χ1n) is 5.60. The van der Waals surface area contributed by atoms with Crippen molar-refractivity contribution in [3.8, 4) is 0 Å². The minimum absolute atomic E-state index is 0.0121. The van der Waals surface area contributed by atoms with Gasteiger partial charge in [-0.1, -0.05) is 6.92 Å². The standard InChI is InChI=1S/C11H19NO2/c1-3-7-12-9-5-4-6-11(12,8-9)10(13)14-2/h9H,3-8H2,1-2H3. The summed E-state index contributed by atoms with van der Waals surface area (Å²) in [6.45, 7) is 3.21. The third kappa shape index (κ3) is 1.18. The molecule has 3 rings (SSSR count). The molecule has 0 aromatic heterocycles. The highest BCUT2D eigenvalue weighted by Gasteiger charge is 2.58. The quantitative estimate of drug-likeness (QED) is 0.643. The molecule has 2 bridgehead atoms. The smallest absolute Gasteiger partial charge is 0.326 e. The molecule has 0 aromatic rings. The largest absolute Gasteiger partial charge is 0.468 e. The van der Waals surface area contributed by atoms with Crippen molar-refractivity contribution in [2.45, 2.75) is 50.6 Å². The van der Waals surface area contributed by atoms with E-state index in [1.165, 1.54) is 20.0 Å². The summed E-state index contributed by atoms with van der Waals surface area (Å²) in [6, 6.07) is 0.655. The van der Waals surface area contributed by atoms with Crippen molar-refractivity contribution >= 4 is 5.97 Å². The van der Waals surface area contributed by atoms with Gasteiger partial charge in [0.05, 0.1) is 7.11 Å². The normalized spacial score (nSPS) is 36.3. The van der Waals surface area contributed by atoms with Gasteiger partial charge in [-0.15, -0.1) is 0 Å². The van der Waals surface area contributed by atoms with Crippen molar-refractivity contribution < 1.29 is 9.53 Å². The fraction of sp³-hybridized carbons (Fsp3) is 0.909. The van der Waals surface area contributed by atoms with E-state index in [1.807, 2.05) is 0 Å². The molecule has 2 aliphatic heterocycles.